The van der Waals surface area contributed by atoms with E-state index in [0.717, 1.165) is 27.6 Å². The Morgan fingerprint density at radius 2 is 1.79 bits per heavy atom. The van der Waals surface area contributed by atoms with Crippen molar-refractivity contribution >= 4 is 16.7 Å². The fourth-order valence-corrected chi connectivity index (χ4v) is 3.48. The van der Waals surface area contributed by atoms with E-state index < -0.39 is 17.4 Å². The molecule has 1 amide bonds. The Hall–Kier alpha value is -4.08. The van der Waals surface area contributed by atoms with Gasteiger partial charge in [-0.2, -0.15) is 13.2 Å². The summed E-state index contributed by atoms with van der Waals surface area (Å²) in [7, 11) is 1.43. The predicted molar refractivity (Wildman–Crippen MR) is 120 cm³/mol. The van der Waals surface area contributed by atoms with Crippen LogP contribution in [0.5, 0.6) is 5.75 Å². The minimum Gasteiger partial charge on any atom is -0.484 e. The summed E-state index contributed by atoms with van der Waals surface area (Å²) in [4.78, 5) is 24.6. The third-order valence-electron chi connectivity index (χ3n) is 5.23. The Balaban J connectivity index is 1.35. The second-order valence-electron chi connectivity index (χ2n) is 7.61. The second kappa shape index (κ2) is 9.42. The lowest BCUT2D eigenvalue weighted by Crippen LogP contribution is -2.34. The molecule has 34 heavy (non-hydrogen) atoms. The third-order valence-corrected chi connectivity index (χ3v) is 5.23. The second-order valence-corrected chi connectivity index (χ2v) is 7.61. The quantitative estimate of drug-likeness (QED) is 0.448. The molecule has 0 aliphatic rings. The van der Waals surface area contributed by atoms with E-state index in [1.807, 2.05) is 36.4 Å². The van der Waals surface area contributed by atoms with Gasteiger partial charge in [-0.1, -0.05) is 42.5 Å². The zero-order valence-corrected chi connectivity index (χ0v) is 18.2. The molecule has 4 aromatic rings. The molecule has 4 rings (SSSR count). The molecule has 0 saturated carbocycles. The minimum atomic E-state index is -4.50. The molecule has 0 spiro atoms. The van der Waals surface area contributed by atoms with E-state index in [4.69, 9.17) is 4.74 Å². The Bertz CT molecular complexity index is 1390. The van der Waals surface area contributed by atoms with Gasteiger partial charge in [-0.05, 0) is 35.0 Å². The maximum absolute atomic E-state index is 13.0. The van der Waals surface area contributed by atoms with E-state index in [1.54, 1.807) is 6.07 Å². The van der Waals surface area contributed by atoms with Gasteiger partial charge in [-0.15, -0.1) is 5.10 Å². The molecular formula is C24H21F3N4O3. The van der Waals surface area contributed by atoms with Gasteiger partial charge in [0.2, 0.25) is 0 Å². The first-order valence-electron chi connectivity index (χ1n) is 10.4. The summed E-state index contributed by atoms with van der Waals surface area (Å²) in [5.74, 6) is 0.276. The summed E-state index contributed by atoms with van der Waals surface area (Å²) in [6.07, 6.45) is -4.50. The van der Waals surface area contributed by atoms with Crippen molar-refractivity contribution < 1.29 is 22.7 Å². The maximum atomic E-state index is 13.0. The van der Waals surface area contributed by atoms with Crippen molar-refractivity contribution in [1.82, 2.24) is 19.7 Å². The standard InChI is InChI=1S/C24H21F3N4O3/c1-30-22(18-7-4-8-19(13-18)24(25,26)27)29-31(23(30)33)12-11-28-21(32)15-34-20-10-9-16-5-2-3-6-17(16)14-20/h2-10,13-14H,11-12,15H2,1H3,(H,28,32). The van der Waals surface area contributed by atoms with E-state index in [0.29, 0.717) is 5.75 Å². The summed E-state index contributed by atoms with van der Waals surface area (Å²) in [6, 6.07) is 17.9. The van der Waals surface area contributed by atoms with Crippen LogP contribution in [-0.2, 0) is 24.6 Å². The summed E-state index contributed by atoms with van der Waals surface area (Å²) in [5.41, 5.74) is -1.17. The Labute approximate surface area is 192 Å². The molecular weight excluding hydrogens is 449 g/mol. The number of carbonyl (C=O) groups is 1. The van der Waals surface area contributed by atoms with Gasteiger partial charge in [0.05, 0.1) is 12.1 Å². The van der Waals surface area contributed by atoms with Gasteiger partial charge in [0.15, 0.2) is 12.4 Å². The van der Waals surface area contributed by atoms with Gasteiger partial charge in [0, 0.05) is 19.2 Å². The Kier molecular flexibility index (Phi) is 6.40. The fraction of sp³-hybridized carbons (Fsp3) is 0.208. The lowest BCUT2D eigenvalue weighted by molar-refractivity contribution is -0.137. The van der Waals surface area contributed by atoms with Crippen LogP contribution in [0.25, 0.3) is 22.2 Å². The van der Waals surface area contributed by atoms with Gasteiger partial charge in [-0.25, -0.2) is 9.48 Å². The number of amides is 1. The lowest BCUT2D eigenvalue weighted by atomic mass is 10.1. The first-order valence-corrected chi connectivity index (χ1v) is 10.4. The molecule has 3 aromatic carbocycles. The van der Waals surface area contributed by atoms with E-state index in [9.17, 15) is 22.8 Å². The normalized spacial score (nSPS) is 11.5. The van der Waals surface area contributed by atoms with Gasteiger partial charge in [0.25, 0.3) is 5.91 Å². The average Bonchev–Trinajstić information content (AvgIpc) is 3.11. The number of nitrogens with zero attached hydrogens (tertiary/aromatic N) is 3. The minimum absolute atomic E-state index is 0.0490. The highest BCUT2D eigenvalue weighted by Crippen LogP contribution is 2.31. The third kappa shape index (κ3) is 5.11. The molecule has 1 heterocycles. The van der Waals surface area contributed by atoms with Crippen LogP contribution in [-0.4, -0.2) is 33.4 Å². The van der Waals surface area contributed by atoms with Crippen LogP contribution in [0.2, 0.25) is 0 Å². The largest absolute Gasteiger partial charge is 0.484 e. The lowest BCUT2D eigenvalue weighted by Gasteiger charge is -2.08. The summed E-state index contributed by atoms with van der Waals surface area (Å²) < 4.78 is 46.8. The van der Waals surface area contributed by atoms with Crippen LogP contribution in [0.3, 0.4) is 0 Å². The van der Waals surface area contributed by atoms with Crippen molar-refractivity contribution in [3.8, 4) is 17.1 Å². The number of carbonyl (C=O) groups excluding carboxylic acids is 1. The Morgan fingerprint density at radius 1 is 1.03 bits per heavy atom. The highest BCUT2D eigenvalue weighted by molar-refractivity contribution is 5.84. The summed E-state index contributed by atoms with van der Waals surface area (Å²) in [5, 5.41) is 8.83. The molecule has 0 aliphatic carbocycles. The molecule has 1 N–H and O–H groups in total. The smallest absolute Gasteiger partial charge is 0.416 e. The van der Waals surface area contributed by atoms with Gasteiger partial charge in [-0.3, -0.25) is 9.36 Å². The van der Waals surface area contributed by atoms with E-state index >= 15 is 0 Å². The number of rotatable bonds is 7. The van der Waals surface area contributed by atoms with Crippen molar-refractivity contribution in [2.45, 2.75) is 12.7 Å². The molecule has 1 aromatic heterocycles. The molecule has 0 unspecified atom stereocenters. The zero-order valence-electron chi connectivity index (χ0n) is 18.2. The molecule has 0 radical (unpaired) electrons. The molecule has 0 fully saturated rings. The highest BCUT2D eigenvalue weighted by Gasteiger charge is 2.30. The van der Waals surface area contributed by atoms with Crippen molar-refractivity contribution in [2.24, 2.45) is 7.05 Å². The number of benzene rings is 3. The van der Waals surface area contributed by atoms with Crippen LogP contribution in [0.15, 0.2) is 71.5 Å². The molecule has 0 atom stereocenters. The summed E-state index contributed by atoms with van der Waals surface area (Å²) >= 11 is 0. The van der Waals surface area contributed by atoms with Gasteiger partial charge >= 0.3 is 11.9 Å². The molecule has 7 nitrogen and oxygen atoms in total. The number of fused-ring (bicyclic) bond motifs is 1. The number of ether oxygens (including phenoxy) is 1. The first-order chi connectivity index (χ1) is 16.2. The number of hydrogen-bond donors (Lipinski definition) is 1. The fourth-order valence-electron chi connectivity index (χ4n) is 3.48. The highest BCUT2D eigenvalue weighted by atomic mass is 19.4. The van der Waals surface area contributed by atoms with Crippen molar-refractivity contribution in [1.29, 1.82) is 0 Å². The molecule has 176 valence electrons. The molecule has 0 aliphatic heterocycles. The SMILES string of the molecule is Cn1c(-c2cccc(C(F)(F)F)c2)nn(CCNC(=O)COc2ccc3ccccc3c2)c1=O. The average molecular weight is 470 g/mol. The maximum Gasteiger partial charge on any atom is 0.416 e. The number of nitrogens with one attached hydrogen (secondary N) is 1. The summed E-state index contributed by atoms with van der Waals surface area (Å²) in [6.45, 7) is -0.0584. The number of alkyl halides is 3. The number of hydrogen-bond acceptors (Lipinski definition) is 4. The van der Waals surface area contributed by atoms with Crippen LogP contribution in [0.1, 0.15) is 5.56 Å². The van der Waals surface area contributed by atoms with Crippen LogP contribution >= 0.6 is 0 Å². The van der Waals surface area contributed by atoms with Gasteiger partial charge < -0.3 is 10.1 Å². The monoisotopic (exact) mass is 470 g/mol. The first kappa shape index (κ1) is 23.1. The zero-order chi connectivity index (χ0) is 24.3. The van der Waals surface area contributed by atoms with Crippen molar-refractivity contribution in [3.63, 3.8) is 0 Å². The van der Waals surface area contributed by atoms with E-state index in [1.165, 1.54) is 23.7 Å². The number of halogens is 3. The number of aromatic nitrogens is 3. The van der Waals surface area contributed by atoms with Crippen LogP contribution < -0.4 is 15.7 Å². The van der Waals surface area contributed by atoms with Crippen molar-refractivity contribution in [3.05, 3.63) is 82.8 Å². The molecule has 10 heteroatoms. The van der Waals surface area contributed by atoms with Crippen molar-refractivity contribution in [2.75, 3.05) is 13.2 Å². The van der Waals surface area contributed by atoms with Crippen LogP contribution in [0, 0.1) is 0 Å². The topological polar surface area (TPSA) is 78.2 Å². The van der Waals surface area contributed by atoms with E-state index in [-0.39, 0.29) is 37.0 Å². The van der Waals surface area contributed by atoms with Crippen LogP contribution in [0.4, 0.5) is 13.2 Å². The van der Waals surface area contributed by atoms with E-state index in [2.05, 4.69) is 10.4 Å². The molecule has 0 bridgehead atoms. The molecule has 0 saturated heterocycles. The predicted octanol–water partition coefficient (Wildman–Crippen LogP) is 3.62. The Morgan fingerprint density at radius 3 is 2.56 bits per heavy atom. The van der Waals surface area contributed by atoms with Gasteiger partial charge in [0.1, 0.15) is 5.75 Å².